The predicted octanol–water partition coefficient (Wildman–Crippen LogP) is 5.48. The summed E-state index contributed by atoms with van der Waals surface area (Å²) in [5, 5.41) is 0. The Morgan fingerprint density at radius 2 is 1.31 bits per heavy atom. The molecule has 2 aliphatic rings. The van der Waals surface area contributed by atoms with Crippen LogP contribution in [-0.4, -0.2) is 0 Å². The Hall–Kier alpha value is -0.260. The first-order chi connectivity index (χ1) is 7.77. The molecule has 0 bridgehead atoms. The van der Waals surface area contributed by atoms with E-state index in [2.05, 4.69) is 13.8 Å². The van der Waals surface area contributed by atoms with E-state index in [9.17, 15) is 0 Å². The number of allylic oxidation sites excluding steroid dienone is 2. The Labute approximate surface area is 102 Å². The fourth-order valence-corrected chi connectivity index (χ4v) is 3.70. The fraction of sp³-hybridized carbons (Fsp3) is 0.875. The van der Waals surface area contributed by atoms with Gasteiger partial charge < -0.3 is 0 Å². The highest BCUT2D eigenvalue weighted by Gasteiger charge is 2.24. The lowest BCUT2D eigenvalue weighted by Crippen LogP contribution is -2.14. The molecule has 0 nitrogen and oxygen atoms in total. The lowest BCUT2D eigenvalue weighted by molar-refractivity contribution is 0.278. The minimum atomic E-state index is 1.02. The van der Waals surface area contributed by atoms with E-state index in [-0.39, 0.29) is 0 Å². The van der Waals surface area contributed by atoms with Crippen LogP contribution in [0.1, 0.15) is 78.1 Å². The van der Waals surface area contributed by atoms with E-state index in [4.69, 9.17) is 0 Å². The molecule has 2 rings (SSSR count). The third-order valence-corrected chi connectivity index (χ3v) is 4.99. The monoisotopic (exact) mass is 220 g/mol. The first-order valence-electron chi connectivity index (χ1n) is 7.42. The van der Waals surface area contributed by atoms with Crippen molar-refractivity contribution < 1.29 is 0 Å². The SMILES string of the molecule is CC1=C(C)CC(C2CCCCCC2)CCC1. The van der Waals surface area contributed by atoms with Crippen molar-refractivity contribution in [3.05, 3.63) is 11.1 Å². The number of rotatable bonds is 1. The van der Waals surface area contributed by atoms with Crippen molar-refractivity contribution in [2.24, 2.45) is 11.8 Å². The van der Waals surface area contributed by atoms with Gasteiger partial charge in [0, 0.05) is 0 Å². The van der Waals surface area contributed by atoms with Crippen LogP contribution in [0.25, 0.3) is 0 Å². The van der Waals surface area contributed by atoms with Crippen molar-refractivity contribution in [2.75, 3.05) is 0 Å². The van der Waals surface area contributed by atoms with Crippen molar-refractivity contribution in [3.63, 3.8) is 0 Å². The molecular formula is C16H28. The van der Waals surface area contributed by atoms with Crippen LogP contribution in [-0.2, 0) is 0 Å². The molecule has 0 aliphatic heterocycles. The molecule has 0 spiro atoms. The van der Waals surface area contributed by atoms with Gasteiger partial charge in [-0.05, 0) is 51.4 Å². The van der Waals surface area contributed by atoms with Crippen LogP contribution in [0.15, 0.2) is 11.1 Å². The van der Waals surface area contributed by atoms with Crippen LogP contribution in [0.2, 0.25) is 0 Å². The van der Waals surface area contributed by atoms with Gasteiger partial charge in [0.05, 0.1) is 0 Å². The first kappa shape index (κ1) is 12.2. The molecule has 92 valence electrons. The summed E-state index contributed by atoms with van der Waals surface area (Å²) in [6.07, 6.45) is 14.8. The molecule has 0 heterocycles. The Morgan fingerprint density at radius 1 is 0.688 bits per heavy atom. The van der Waals surface area contributed by atoms with Crippen molar-refractivity contribution in [2.45, 2.75) is 78.1 Å². The summed E-state index contributed by atoms with van der Waals surface area (Å²) < 4.78 is 0. The van der Waals surface area contributed by atoms with Crippen LogP contribution in [0, 0.1) is 11.8 Å². The van der Waals surface area contributed by atoms with Gasteiger partial charge in [-0.2, -0.15) is 0 Å². The van der Waals surface area contributed by atoms with Gasteiger partial charge in [-0.25, -0.2) is 0 Å². The molecular weight excluding hydrogens is 192 g/mol. The van der Waals surface area contributed by atoms with E-state index in [0.29, 0.717) is 0 Å². The zero-order chi connectivity index (χ0) is 11.4. The average molecular weight is 220 g/mol. The Kier molecular flexibility index (Phi) is 4.49. The number of hydrogen-bond donors (Lipinski definition) is 0. The Bertz CT molecular complexity index is 241. The molecule has 0 saturated heterocycles. The molecule has 1 atom stereocenters. The van der Waals surface area contributed by atoms with Crippen molar-refractivity contribution >= 4 is 0 Å². The minimum Gasteiger partial charge on any atom is -0.0744 e. The van der Waals surface area contributed by atoms with Gasteiger partial charge in [0.1, 0.15) is 0 Å². The van der Waals surface area contributed by atoms with E-state index in [1.54, 1.807) is 11.1 Å². The highest BCUT2D eigenvalue weighted by molar-refractivity contribution is 5.12. The topological polar surface area (TPSA) is 0 Å². The molecule has 0 heteroatoms. The number of hydrogen-bond acceptors (Lipinski definition) is 0. The lowest BCUT2D eigenvalue weighted by atomic mass is 9.80. The van der Waals surface area contributed by atoms with Crippen LogP contribution in [0.3, 0.4) is 0 Å². The maximum absolute atomic E-state index is 2.38. The van der Waals surface area contributed by atoms with Crippen LogP contribution in [0.4, 0.5) is 0 Å². The molecule has 0 N–H and O–H groups in total. The largest absolute Gasteiger partial charge is 0.0744 e. The van der Waals surface area contributed by atoms with Crippen molar-refractivity contribution in [3.8, 4) is 0 Å². The molecule has 0 amide bonds. The normalized spacial score (nSPS) is 30.0. The Morgan fingerprint density at radius 3 is 2.00 bits per heavy atom. The molecule has 2 aliphatic carbocycles. The minimum absolute atomic E-state index is 1.02. The zero-order valence-electron chi connectivity index (χ0n) is 11.2. The molecule has 0 aromatic carbocycles. The molecule has 16 heavy (non-hydrogen) atoms. The van der Waals surface area contributed by atoms with Gasteiger partial charge in [0.2, 0.25) is 0 Å². The van der Waals surface area contributed by atoms with Crippen LogP contribution in [0.5, 0.6) is 0 Å². The van der Waals surface area contributed by atoms with Gasteiger partial charge in [-0.1, -0.05) is 49.7 Å². The summed E-state index contributed by atoms with van der Waals surface area (Å²) in [6.45, 7) is 4.73. The average Bonchev–Trinajstić information content (AvgIpc) is 2.62. The van der Waals surface area contributed by atoms with E-state index in [1.165, 1.54) is 64.2 Å². The fourth-order valence-electron chi connectivity index (χ4n) is 3.70. The van der Waals surface area contributed by atoms with Crippen molar-refractivity contribution in [1.82, 2.24) is 0 Å². The quantitative estimate of drug-likeness (QED) is 0.405. The maximum Gasteiger partial charge on any atom is -0.0289 e. The summed E-state index contributed by atoms with van der Waals surface area (Å²) in [5.74, 6) is 2.08. The molecule has 0 aromatic heterocycles. The summed E-state index contributed by atoms with van der Waals surface area (Å²) in [4.78, 5) is 0. The smallest absolute Gasteiger partial charge is 0.0289 e. The van der Waals surface area contributed by atoms with E-state index in [1.807, 2.05) is 0 Å². The molecule has 0 aromatic rings. The predicted molar refractivity (Wildman–Crippen MR) is 71.5 cm³/mol. The van der Waals surface area contributed by atoms with E-state index < -0.39 is 0 Å². The van der Waals surface area contributed by atoms with Gasteiger partial charge >= 0.3 is 0 Å². The molecule has 1 saturated carbocycles. The van der Waals surface area contributed by atoms with Crippen LogP contribution < -0.4 is 0 Å². The molecule has 0 radical (unpaired) electrons. The van der Waals surface area contributed by atoms with Gasteiger partial charge in [-0.15, -0.1) is 0 Å². The van der Waals surface area contributed by atoms with Crippen LogP contribution >= 0.6 is 0 Å². The van der Waals surface area contributed by atoms with Crippen molar-refractivity contribution in [1.29, 1.82) is 0 Å². The van der Waals surface area contributed by atoms with E-state index >= 15 is 0 Å². The zero-order valence-corrected chi connectivity index (χ0v) is 11.2. The highest BCUT2D eigenvalue weighted by Crippen LogP contribution is 2.38. The summed E-state index contributed by atoms with van der Waals surface area (Å²) >= 11 is 0. The summed E-state index contributed by atoms with van der Waals surface area (Å²) in [6, 6.07) is 0. The second-order valence-electron chi connectivity index (χ2n) is 6.17. The van der Waals surface area contributed by atoms with E-state index in [0.717, 1.165) is 11.8 Å². The van der Waals surface area contributed by atoms with Gasteiger partial charge in [0.25, 0.3) is 0 Å². The summed E-state index contributed by atoms with van der Waals surface area (Å²) in [5.41, 5.74) is 3.41. The first-order valence-corrected chi connectivity index (χ1v) is 7.42. The molecule has 1 unspecified atom stereocenters. The maximum atomic E-state index is 2.38. The lowest BCUT2D eigenvalue weighted by Gasteiger charge is -2.25. The third-order valence-electron chi connectivity index (χ3n) is 4.99. The van der Waals surface area contributed by atoms with Gasteiger partial charge in [-0.3, -0.25) is 0 Å². The highest BCUT2D eigenvalue weighted by atomic mass is 14.3. The summed E-state index contributed by atoms with van der Waals surface area (Å²) in [7, 11) is 0. The van der Waals surface area contributed by atoms with Gasteiger partial charge in [0.15, 0.2) is 0 Å². The standard InChI is InChI=1S/C16H28/c1-13-8-7-11-16(12-14(13)2)15-9-5-3-4-6-10-15/h15-16H,3-12H2,1-2H3. The Balaban J connectivity index is 1.97. The third kappa shape index (κ3) is 3.12. The second-order valence-corrected chi connectivity index (χ2v) is 6.17. The molecule has 1 fully saturated rings. The second kappa shape index (κ2) is 5.89.